The second kappa shape index (κ2) is 3.52. The Hall–Kier alpha value is -0.0800. The lowest BCUT2D eigenvalue weighted by molar-refractivity contribution is 0.0136. The van der Waals surface area contributed by atoms with Crippen LogP contribution in [0.4, 0.5) is 0 Å². The third-order valence-electron chi connectivity index (χ3n) is 5.28. The van der Waals surface area contributed by atoms with Crippen LogP contribution in [0, 0.1) is 10.8 Å². The molecule has 0 radical (unpaired) electrons. The van der Waals surface area contributed by atoms with Crippen molar-refractivity contribution in [1.82, 2.24) is 9.80 Å². The van der Waals surface area contributed by atoms with E-state index in [2.05, 4.69) is 51.3 Å². The van der Waals surface area contributed by atoms with Crippen molar-refractivity contribution in [2.45, 2.75) is 72.0 Å². The number of hydrogen-bond acceptors (Lipinski definition) is 2. The molecule has 3 rings (SSSR count). The van der Waals surface area contributed by atoms with Crippen molar-refractivity contribution >= 4 is 0 Å². The molecule has 0 N–H and O–H groups in total. The Bertz CT molecular complexity index is 347. The van der Waals surface area contributed by atoms with Crippen LogP contribution >= 0.6 is 0 Å². The first-order valence-electron chi connectivity index (χ1n) is 7.64. The fourth-order valence-corrected chi connectivity index (χ4v) is 5.02. The summed E-state index contributed by atoms with van der Waals surface area (Å²) in [6, 6.07) is 1.65. The van der Waals surface area contributed by atoms with Gasteiger partial charge in [0.05, 0.1) is 0 Å². The molecular formula is C16H30N2. The number of rotatable bonds is 2. The van der Waals surface area contributed by atoms with Gasteiger partial charge in [-0.1, -0.05) is 13.8 Å². The van der Waals surface area contributed by atoms with Crippen molar-refractivity contribution in [2.24, 2.45) is 10.8 Å². The molecule has 2 aliphatic heterocycles. The monoisotopic (exact) mass is 250 g/mol. The predicted molar refractivity (Wildman–Crippen MR) is 76.7 cm³/mol. The summed E-state index contributed by atoms with van der Waals surface area (Å²) in [5, 5.41) is 0. The molecule has 18 heavy (non-hydrogen) atoms. The lowest BCUT2D eigenvalue weighted by Crippen LogP contribution is -2.54. The molecule has 2 saturated heterocycles. The highest BCUT2D eigenvalue weighted by molar-refractivity contribution is 5.19. The van der Waals surface area contributed by atoms with Crippen molar-refractivity contribution in [2.75, 3.05) is 19.6 Å². The molecule has 3 fully saturated rings. The van der Waals surface area contributed by atoms with E-state index in [1.807, 2.05) is 0 Å². The van der Waals surface area contributed by atoms with Gasteiger partial charge in [-0.15, -0.1) is 0 Å². The van der Waals surface area contributed by atoms with Crippen molar-refractivity contribution in [3.63, 3.8) is 0 Å². The third-order valence-corrected chi connectivity index (χ3v) is 5.28. The summed E-state index contributed by atoms with van der Waals surface area (Å²) >= 11 is 0. The first-order chi connectivity index (χ1) is 8.13. The summed E-state index contributed by atoms with van der Waals surface area (Å²) in [4.78, 5) is 5.48. The molecule has 0 aromatic carbocycles. The van der Waals surface area contributed by atoms with E-state index in [-0.39, 0.29) is 0 Å². The Balaban J connectivity index is 1.63. The quantitative estimate of drug-likeness (QED) is 0.743. The number of fused-ring (bicyclic) bond motifs is 1. The second-order valence-corrected chi connectivity index (χ2v) is 9.02. The number of hydrogen-bond donors (Lipinski definition) is 0. The molecule has 0 aromatic rings. The Morgan fingerprint density at radius 2 is 1.72 bits per heavy atom. The van der Waals surface area contributed by atoms with E-state index in [0.29, 0.717) is 16.4 Å². The zero-order chi connectivity index (χ0) is 13.3. The Morgan fingerprint density at radius 3 is 2.17 bits per heavy atom. The minimum atomic E-state index is 0.344. The molecule has 1 saturated carbocycles. The Morgan fingerprint density at radius 1 is 1.11 bits per heavy atom. The van der Waals surface area contributed by atoms with Gasteiger partial charge in [-0.05, 0) is 46.0 Å². The molecular weight excluding hydrogens is 220 g/mol. The molecule has 0 aromatic heterocycles. The molecule has 104 valence electrons. The normalized spacial score (nSPS) is 43.7. The first kappa shape index (κ1) is 12.9. The molecule has 2 heteroatoms. The highest BCUT2D eigenvalue weighted by Gasteiger charge is 2.65. The van der Waals surface area contributed by atoms with Gasteiger partial charge in [0.15, 0.2) is 0 Å². The standard InChI is InChI=1S/C16H30N2/c1-12-7-16(11-17-9-15(5,6)10-17)8-13(16)18(12)14(2,3)4/h12-13H,7-11H2,1-6H3/t12-,13-,16+/m1/s1. The van der Waals surface area contributed by atoms with Gasteiger partial charge in [-0.2, -0.15) is 0 Å². The maximum Gasteiger partial charge on any atom is 0.0179 e. The number of piperidine rings is 1. The lowest BCUT2D eigenvalue weighted by Gasteiger charge is -2.47. The molecule has 3 atom stereocenters. The summed E-state index contributed by atoms with van der Waals surface area (Å²) in [5.74, 6) is 0. The molecule has 0 amide bonds. The Labute approximate surface area is 113 Å². The fourth-order valence-electron chi connectivity index (χ4n) is 5.02. The van der Waals surface area contributed by atoms with Gasteiger partial charge in [-0.25, -0.2) is 0 Å². The van der Waals surface area contributed by atoms with Gasteiger partial charge in [-0.3, -0.25) is 4.90 Å². The number of likely N-dealkylation sites (tertiary alicyclic amines) is 2. The van der Waals surface area contributed by atoms with Crippen LogP contribution in [0.1, 0.15) is 54.4 Å². The van der Waals surface area contributed by atoms with Gasteiger partial charge in [0.2, 0.25) is 0 Å². The van der Waals surface area contributed by atoms with Gasteiger partial charge in [0, 0.05) is 42.7 Å². The Kier molecular flexibility index (Phi) is 2.53. The van der Waals surface area contributed by atoms with Crippen LogP contribution in [0.25, 0.3) is 0 Å². The molecule has 0 spiro atoms. The van der Waals surface area contributed by atoms with Crippen molar-refractivity contribution in [1.29, 1.82) is 0 Å². The summed E-state index contributed by atoms with van der Waals surface area (Å²) < 4.78 is 0. The molecule has 2 heterocycles. The number of nitrogens with zero attached hydrogens (tertiary/aromatic N) is 2. The molecule has 0 unspecified atom stereocenters. The average molecular weight is 250 g/mol. The molecule has 2 nitrogen and oxygen atoms in total. The van der Waals surface area contributed by atoms with Gasteiger partial charge < -0.3 is 4.90 Å². The zero-order valence-electron chi connectivity index (χ0n) is 13.1. The third kappa shape index (κ3) is 1.92. The fraction of sp³-hybridized carbons (Fsp3) is 1.00. The van der Waals surface area contributed by atoms with Crippen molar-refractivity contribution < 1.29 is 0 Å². The maximum absolute atomic E-state index is 2.79. The van der Waals surface area contributed by atoms with Gasteiger partial charge in [0.25, 0.3) is 0 Å². The SMILES string of the molecule is C[C@@H]1C[C@@]2(CN3CC(C)(C)C3)C[C@H]2N1C(C)(C)C. The minimum Gasteiger partial charge on any atom is -0.302 e. The molecule has 1 aliphatic carbocycles. The van der Waals surface area contributed by atoms with Crippen molar-refractivity contribution in [3.8, 4) is 0 Å². The van der Waals surface area contributed by atoms with E-state index < -0.39 is 0 Å². The van der Waals surface area contributed by atoms with E-state index in [1.54, 1.807) is 0 Å². The smallest absolute Gasteiger partial charge is 0.0179 e. The summed E-state index contributed by atoms with van der Waals surface area (Å²) in [7, 11) is 0. The van der Waals surface area contributed by atoms with Crippen LogP contribution in [0.2, 0.25) is 0 Å². The maximum atomic E-state index is 2.79. The minimum absolute atomic E-state index is 0.344. The van der Waals surface area contributed by atoms with Crippen LogP contribution in [-0.2, 0) is 0 Å². The topological polar surface area (TPSA) is 6.48 Å². The molecule has 3 aliphatic rings. The largest absolute Gasteiger partial charge is 0.302 e. The average Bonchev–Trinajstić information content (AvgIpc) is 2.65. The van der Waals surface area contributed by atoms with E-state index in [0.717, 1.165) is 12.1 Å². The lowest BCUT2D eigenvalue weighted by atomic mass is 9.83. The van der Waals surface area contributed by atoms with E-state index in [1.165, 1.54) is 32.5 Å². The summed E-state index contributed by atoms with van der Waals surface area (Å²) in [5.41, 5.74) is 1.58. The van der Waals surface area contributed by atoms with E-state index in [4.69, 9.17) is 0 Å². The highest BCUT2D eigenvalue weighted by Crippen LogP contribution is 2.62. The summed E-state index contributed by atoms with van der Waals surface area (Å²) in [6.07, 6.45) is 2.87. The molecule has 0 bridgehead atoms. The second-order valence-electron chi connectivity index (χ2n) is 9.02. The van der Waals surface area contributed by atoms with Crippen LogP contribution in [0.5, 0.6) is 0 Å². The first-order valence-corrected chi connectivity index (χ1v) is 7.64. The zero-order valence-corrected chi connectivity index (χ0v) is 13.1. The van der Waals surface area contributed by atoms with Crippen LogP contribution < -0.4 is 0 Å². The van der Waals surface area contributed by atoms with Crippen LogP contribution in [-0.4, -0.2) is 47.1 Å². The van der Waals surface area contributed by atoms with E-state index >= 15 is 0 Å². The predicted octanol–water partition coefficient (Wildman–Crippen LogP) is 2.98. The van der Waals surface area contributed by atoms with Crippen LogP contribution in [0.3, 0.4) is 0 Å². The highest BCUT2D eigenvalue weighted by atomic mass is 15.3. The van der Waals surface area contributed by atoms with Gasteiger partial charge >= 0.3 is 0 Å². The summed E-state index contributed by atoms with van der Waals surface area (Å²) in [6.45, 7) is 18.3. The van der Waals surface area contributed by atoms with E-state index in [9.17, 15) is 0 Å². The van der Waals surface area contributed by atoms with Crippen molar-refractivity contribution in [3.05, 3.63) is 0 Å². The van der Waals surface area contributed by atoms with Crippen LogP contribution in [0.15, 0.2) is 0 Å². The van der Waals surface area contributed by atoms with Gasteiger partial charge in [0.1, 0.15) is 0 Å².